The third kappa shape index (κ3) is 4.28. The van der Waals surface area contributed by atoms with Gasteiger partial charge in [0.15, 0.2) is 4.34 Å². The highest BCUT2D eigenvalue weighted by Gasteiger charge is 2.16. The van der Waals surface area contributed by atoms with Crippen molar-refractivity contribution in [2.24, 2.45) is 0 Å². The molecule has 1 atom stereocenters. The van der Waals surface area contributed by atoms with Crippen LogP contribution in [0.2, 0.25) is 0 Å². The van der Waals surface area contributed by atoms with Gasteiger partial charge in [0.1, 0.15) is 11.5 Å². The average molecular weight is 389 g/mol. The molecule has 0 saturated carbocycles. The van der Waals surface area contributed by atoms with E-state index in [1.54, 1.807) is 25.6 Å². The van der Waals surface area contributed by atoms with Gasteiger partial charge in [-0.05, 0) is 37.3 Å². The Balaban J connectivity index is 1.62. The van der Waals surface area contributed by atoms with E-state index in [1.165, 1.54) is 11.8 Å². The minimum Gasteiger partial charge on any atom is -0.497 e. The summed E-state index contributed by atoms with van der Waals surface area (Å²) in [5, 5.41) is 3.01. The van der Waals surface area contributed by atoms with Crippen LogP contribution in [0.15, 0.2) is 46.8 Å². The Morgan fingerprint density at radius 3 is 2.77 bits per heavy atom. The number of thioether (sulfide) groups is 1. The smallest absolute Gasteiger partial charge is 0.230 e. The summed E-state index contributed by atoms with van der Waals surface area (Å²) < 4.78 is 12.7. The Bertz CT molecular complexity index is 878. The lowest BCUT2D eigenvalue weighted by Gasteiger charge is -2.18. The first kappa shape index (κ1) is 18.5. The molecule has 0 aliphatic heterocycles. The van der Waals surface area contributed by atoms with Gasteiger partial charge in [-0.25, -0.2) is 4.98 Å². The standard InChI is InChI=1S/C19H20N2O3S2/c1-12(14-10-13(23-2)8-9-16(14)24-3)20-18(22)11-25-19-21-15-6-4-5-7-17(15)26-19/h4-10,12H,11H2,1-3H3,(H,20,22). The zero-order valence-corrected chi connectivity index (χ0v) is 16.4. The van der Waals surface area contributed by atoms with Gasteiger partial charge in [-0.3, -0.25) is 4.79 Å². The first-order valence-corrected chi connectivity index (χ1v) is 9.90. The van der Waals surface area contributed by atoms with Crippen LogP contribution in [0.25, 0.3) is 10.2 Å². The normalized spacial score (nSPS) is 12.0. The van der Waals surface area contributed by atoms with Crippen molar-refractivity contribution in [1.82, 2.24) is 10.3 Å². The van der Waals surface area contributed by atoms with Crippen LogP contribution in [0.1, 0.15) is 18.5 Å². The number of hydrogen-bond acceptors (Lipinski definition) is 6. The molecule has 0 spiro atoms. The highest BCUT2D eigenvalue weighted by atomic mass is 32.2. The highest BCUT2D eigenvalue weighted by Crippen LogP contribution is 2.31. The molecule has 0 saturated heterocycles. The summed E-state index contributed by atoms with van der Waals surface area (Å²) in [5.41, 5.74) is 1.85. The van der Waals surface area contributed by atoms with Crippen molar-refractivity contribution < 1.29 is 14.3 Å². The molecule has 0 fully saturated rings. The van der Waals surface area contributed by atoms with E-state index >= 15 is 0 Å². The van der Waals surface area contributed by atoms with Crippen molar-refractivity contribution in [3.8, 4) is 11.5 Å². The molecule has 7 heteroatoms. The van der Waals surface area contributed by atoms with Crippen molar-refractivity contribution in [1.29, 1.82) is 0 Å². The van der Waals surface area contributed by atoms with Gasteiger partial charge in [0, 0.05) is 5.56 Å². The fraction of sp³-hybridized carbons (Fsp3) is 0.263. The van der Waals surface area contributed by atoms with Gasteiger partial charge in [-0.1, -0.05) is 23.9 Å². The number of benzene rings is 2. The van der Waals surface area contributed by atoms with Crippen LogP contribution in [0.5, 0.6) is 11.5 Å². The van der Waals surface area contributed by atoms with E-state index in [-0.39, 0.29) is 11.9 Å². The molecule has 0 radical (unpaired) electrons. The minimum atomic E-state index is -0.191. The molecular formula is C19H20N2O3S2. The van der Waals surface area contributed by atoms with Crippen LogP contribution in [0.4, 0.5) is 0 Å². The lowest BCUT2D eigenvalue weighted by atomic mass is 10.1. The first-order valence-electron chi connectivity index (χ1n) is 8.10. The fourth-order valence-corrected chi connectivity index (χ4v) is 4.46. The van der Waals surface area contributed by atoms with Crippen molar-refractivity contribution >= 4 is 39.2 Å². The Morgan fingerprint density at radius 2 is 2.04 bits per heavy atom. The van der Waals surface area contributed by atoms with Gasteiger partial charge < -0.3 is 14.8 Å². The Kier molecular flexibility index (Phi) is 6.00. The number of rotatable bonds is 7. The number of ether oxygens (including phenoxy) is 2. The second kappa shape index (κ2) is 8.42. The minimum absolute atomic E-state index is 0.0494. The van der Waals surface area contributed by atoms with Crippen LogP contribution in [-0.2, 0) is 4.79 Å². The highest BCUT2D eigenvalue weighted by molar-refractivity contribution is 8.01. The van der Waals surface area contributed by atoms with E-state index in [4.69, 9.17) is 9.47 Å². The summed E-state index contributed by atoms with van der Waals surface area (Å²) in [6.45, 7) is 1.93. The number of nitrogens with one attached hydrogen (secondary N) is 1. The van der Waals surface area contributed by atoms with E-state index in [9.17, 15) is 4.79 Å². The van der Waals surface area contributed by atoms with Crippen molar-refractivity contribution in [3.05, 3.63) is 48.0 Å². The van der Waals surface area contributed by atoms with Gasteiger partial charge in [0.2, 0.25) is 5.91 Å². The second-order valence-corrected chi connectivity index (χ2v) is 7.89. The second-order valence-electron chi connectivity index (χ2n) is 5.63. The zero-order valence-electron chi connectivity index (χ0n) is 14.8. The summed E-state index contributed by atoms with van der Waals surface area (Å²) in [4.78, 5) is 16.9. The number of methoxy groups -OCH3 is 2. The number of aromatic nitrogens is 1. The number of hydrogen-bond donors (Lipinski definition) is 1. The van der Waals surface area contributed by atoms with E-state index in [1.807, 2.05) is 49.4 Å². The van der Waals surface area contributed by atoms with Crippen LogP contribution in [-0.4, -0.2) is 30.9 Å². The van der Waals surface area contributed by atoms with E-state index in [2.05, 4.69) is 10.3 Å². The molecule has 5 nitrogen and oxygen atoms in total. The summed E-state index contributed by atoms with van der Waals surface area (Å²) in [6.07, 6.45) is 0. The first-order chi connectivity index (χ1) is 12.6. The number of carbonyl (C=O) groups excluding carboxylic acids is 1. The zero-order chi connectivity index (χ0) is 18.5. The molecule has 3 aromatic rings. The van der Waals surface area contributed by atoms with Crippen molar-refractivity contribution in [2.45, 2.75) is 17.3 Å². The number of carbonyl (C=O) groups is 1. The summed E-state index contributed by atoms with van der Waals surface area (Å²) in [6, 6.07) is 13.3. The molecule has 0 aliphatic carbocycles. The summed E-state index contributed by atoms with van der Waals surface area (Å²) in [5.74, 6) is 1.71. The molecule has 3 rings (SSSR count). The molecule has 0 aliphatic rings. The van der Waals surface area contributed by atoms with Gasteiger partial charge in [0.05, 0.1) is 36.2 Å². The Labute approximate surface area is 160 Å². The molecule has 1 unspecified atom stereocenters. The maximum absolute atomic E-state index is 12.3. The van der Waals surface area contributed by atoms with Crippen LogP contribution in [0, 0.1) is 0 Å². The molecule has 1 heterocycles. The third-order valence-electron chi connectivity index (χ3n) is 3.88. The Morgan fingerprint density at radius 1 is 1.23 bits per heavy atom. The largest absolute Gasteiger partial charge is 0.497 e. The third-order valence-corrected chi connectivity index (χ3v) is 6.06. The van der Waals surface area contributed by atoms with Crippen LogP contribution >= 0.6 is 23.1 Å². The van der Waals surface area contributed by atoms with Gasteiger partial charge >= 0.3 is 0 Å². The number of thiazole rings is 1. The Hall–Kier alpha value is -2.25. The molecule has 26 heavy (non-hydrogen) atoms. The lowest BCUT2D eigenvalue weighted by Crippen LogP contribution is -2.28. The molecule has 136 valence electrons. The SMILES string of the molecule is COc1ccc(OC)c(C(C)NC(=O)CSc2nc3ccccc3s2)c1. The van der Waals surface area contributed by atoms with E-state index < -0.39 is 0 Å². The average Bonchev–Trinajstić information content (AvgIpc) is 3.08. The molecule has 1 aromatic heterocycles. The topological polar surface area (TPSA) is 60.5 Å². The molecule has 0 bridgehead atoms. The number of nitrogens with zero attached hydrogens (tertiary/aromatic N) is 1. The van der Waals surface area contributed by atoms with Crippen molar-refractivity contribution in [3.63, 3.8) is 0 Å². The maximum Gasteiger partial charge on any atom is 0.230 e. The molecule has 1 amide bonds. The molecule has 2 aromatic carbocycles. The van der Waals surface area contributed by atoms with Gasteiger partial charge in [-0.2, -0.15) is 0 Å². The summed E-state index contributed by atoms with van der Waals surface area (Å²) in [7, 11) is 3.23. The molecule has 1 N–H and O–H groups in total. The van der Waals surface area contributed by atoms with Crippen LogP contribution in [0.3, 0.4) is 0 Å². The number of fused-ring (bicyclic) bond motifs is 1. The predicted molar refractivity (Wildman–Crippen MR) is 106 cm³/mol. The fourth-order valence-electron chi connectivity index (χ4n) is 2.58. The van der Waals surface area contributed by atoms with Crippen molar-refractivity contribution in [2.75, 3.05) is 20.0 Å². The predicted octanol–water partition coefficient (Wildman–Crippen LogP) is 4.28. The van der Waals surface area contributed by atoms with E-state index in [0.29, 0.717) is 5.75 Å². The maximum atomic E-state index is 12.3. The number of para-hydroxylation sites is 1. The van der Waals surface area contributed by atoms with Crippen LogP contribution < -0.4 is 14.8 Å². The van der Waals surface area contributed by atoms with E-state index in [0.717, 1.165) is 31.6 Å². The van der Waals surface area contributed by atoms with Gasteiger partial charge in [0.25, 0.3) is 0 Å². The monoisotopic (exact) mass is 388 g/mol. The molecular weight excluding hydrogens is 368 g/mol. The number of amides is 1. The quantitative estimate of drug-likeness (QED) is 0.612. The lowest BCUT2D eigenvalue weighted by molar-refractivity contribution is -0.119. The van der Waals surface area contributed by atoms with Gasteiger partial charge in [-0.15, -0.1) is 11.3 Å². The summed E-state index contributed by atoms with van der Waals surface area (Å²) >= 11 is 3.05.